The van der Waals surface area contributed by atoms with Gasteiger partial charge in [-0.25, -0.2) is 4.98 Å². The van der Waals surface area contributed by atoms with Crippen LogP contribution in [0.15, 0.2) is 54.6 Å². The van der Waals surface area contributed by atoms with Crippen molar-refractivity contribution in [2.75, 3.05) is 13.2 Å². The average molecular weight is 410 g/mol. The van der Waals surface area contributed by atoms with Crippen LogP contribution in [-0.2, 0) is 4.79 Å². The highest BCUT2D eigenvalue weighted by Gasteiger charge is 2.15. The topological polar surface area (TPSA) is 89.6 Å². The van der Waals surface area contributed by atoms with E-state index >= 15 is 0 Å². The van der Waals surface area contributed by atoms with E-state index in [0.29, 0.717) is 41.0 Å². The summed E-state index contributed by atoms with van der Waals surface area (Å²) in [6.07, 6.45) is 2.83. The van der Waals surface area contributed by atoms with Gasteiger partial charge in [0.05, 0.1) is 11.2 Å². The van der Waals surface area contributed by atoms with Crippen LogP contribution in [-0.4, -0.2) is 30.0 Å². The van der Waals surface area contributed by atoms with Gasteiger partial charge in [-0.3, -0.25) is 20.4 Å². The third-order valence-corrected chi connectivity index (χ3v) is 4.42. The Balaban J connectivity index is 1.36. The van der Waals surface area contributed by atoms with E-state index in [9.17, 15) is 9.59 Å². The summed E-state index contributed by atoms with van der Waals surface area (Å²) in [6.45, 7) is 0.897. The molecule has 2 aromatic carbocycles. The Morgan fingerprint density at radius 3 is 2.62 bits per heavy atom. The Hall–Kier alpha value is -3.58. The number of nitrogens with zero attached hydrogens (tertiary/aromatic N) is 1. The van der Waals surface area contributed by atoms with Gasteiger partial charge < -0.3 is 9.47 Å². The Morgan fingerprint density at radius 2 is 1.76 bits per heavy atom. The molecule has 0 spiro atoms. The summed E-state index contributed by atoms with van der Waals surface area (Å²) in [6, 6.07) is 13.9. The monoisotopic (exact) mass is 409 g/mol. The predicted molar refractivity (Wildman–Crippen MR) is 109 cm³/mol. The first-order chi connectivity index (χ1) is 14.1. The smallest absolute Gasteiger partial charge is 0.269 e. The Morgan fingerprint density at radius 1 is 0.966 bits per heavy atom. The SMILES string of the molecule is O=C(/C=C/c1ccc2ccc(Cl)cc2n1)NNC(=O)c1ccc2c(c1)OCCO2. The fraction of sp³-hybridized carbons (Fsp3) is 0.0952. The van der Waals surface area contributed by atoms with Crippen molar-refractivity contribution in [3.8, 4) is 11.5 Å². The Kier molecular flexibility index (Phi) is 5.31. The molecule has 0 fully saturated rings. The van der Waals surface area contributed by atoms with Gasteiger partial charge in [-0.05, 0) is 42.5 Å². The predicted octanol–water partition coefficient (Wildman–Crippen LogP) is 3.13. The number of hydrogen-bond donors (Lipinski definition) is 2. The number of fused-ring (bicyclic) bond motifs is 2. The number of carbonyl (C=O) groups is 2. The molecule has 0 radical (unpaired) electrons. The first-order valence-electron chi connectivity index (χ1n) is 8.83. The zero-order chi connectivity index (χ0) is 20.2. The fourth-order valence-corrected chi connectivity index (χ4v) is 2.94. The maximum Gasteiger partial charge on any atom is 0.269 e. The van der Waals surface area contributed by atoms with Gasteiger partial charge in [0.1, 0.15) is 13.2 Å². The first kappa shape index (κ1) is 18.8. The summed E-state index contributed by atoms with van der Waals surface area (Å²) >= 11 is 5.98. The minimum atomic E-state index is -0.496. The molecule has 2 heterocycles. The molecule has 1 aliphatic heterocycles. The van der Waals surface area contributed by atoms with Crippen LogP contribution in [0.25, 0.3) is 17.0 Å². The summed E-state index contributed by atoms with van der Waals surface area (Å²) in [5.41, 5.74) is 6.35. The zero-order valence-electron chi connectivity index (χ0n) is 15.1. The van der Waals surface area contributed by atoms with Gasteiger partial charge in [0.15, 0.2) is 11.5 Å². The molecule has 4 rings (SSSR count). The minimum absolute atomic E-state index is 0.339. The minimum Gasteiger partial charge on any atom is -0.486 e. The number of nitrogens with one attached hydrogen (secondary N) is 2. The number of pyridine rings is 1. The first-order valence-corrected chi connectivity index (χ1v) is 9.21. The highest BCUT2D eigenvalue weighted by atomic mass is 35.5. The molecule has 0 saturated heterocycles. The van der Waals surface area contributed by atoms with Gasteiger partial charge in [0, 0.05) is 22.0 Å². The number of aromatic nitrogens is 1. The number of benzene rings is 2. The second kappa shape index (κ2) is 8.20. The van der Waals surface area contributed by atoms with E-state index in [2.05, 4.69) is 15.8 Å². The van der Waals surface area contributed by atoms with Crippen molar-refractivity contribution < 1.29 is 19.1 Å². The van der Waals surface area contributed by atoms with Crippen LogP contribution in [0, 0.1) is 0 Å². The van der Waals surface area contributed by atoms with E-state index in [4.69, 9.17) is 21.1 Å². The fourth-order valence-electron chi connectivity index (χ4n) is 2.78. The highest BCUT2D eigenvalue weighted by molar-refractivity contribution is 6.31. The maximum absolute atomic E-state index is 12.2. The third kappa shape index (κ3) is 4.47. The number of hydrogen-bond acceptors (Lipinski definition) is 5. The number of hydrazine groups is 1. The maximum atomic E-state index is 12.2. The number of carbonyl (C=O) groups excluding carboxylic acids is 2. The van der Waals surface area contributed by atoms with Crippen LogP contribution in [0.1, 0.15) is 16.1 Å². The average Bonchev–Trinajstić information content (AvgIpc) is 2.75. The molecule has 1 aliphatic rings. The van der Waals surface area contributed by atoms with Gasteiger partial charge >= 0.3 is 0 Å². The lowest BCUT2D eigenvalue weighted by atomic mass is 10.2. The van der Waals surface area contributed by atoms with E-state index in [1.54, 1.807) is 42.5 Å². The highest BCUT2D eigenvalue weighted by Crippen LogP contribution is 2.30. The summed E-state index contributed by atoms with van der Waals surface area (Å²) in [5, 5.41) is 1.54. The van der Waals surface area contributed by atoms with Gasteiger partial charge in [-0.2, -0.15) is 0 Å². The van der Waals surface area contributed by atoms with E-state index < -0.39 is 11.8 Å². The van der Waals surface area contributed by atoms with Crippen LogP contribution in [0.2, 0.25) is 5.02 Å². The number of amides is 2. The van der Waals surface area contributed by atoms with Crippen LogP contribution in [0.3, 0.4) is 0 Å². The molecule has 0 saturated carbocycles. The van der Waals surface area contributed by atoms with Crippen molar-refractivity contribution in [3.63, 3.8) is 0 Å². The Bertz CT molecular complexity index is 1130. The second-order valence-electron chi connectivity index (χ2n) is 6.21. The molecular weight excluding hydrogens is 394 g/mol. The molecule has 146 valence electrons. The molecule has 0 unspecified atom stereocenters. The zero-order valence-corrected chi connectivity index (χ0v) is 15.9. The van der Waals surface area contributed by atoms with Crippen LogP contribution < -0.4 is 20.3 Å². The number of halogens is 1. The summed E-state index contributed by atoms with van der Waals surface area (Å²) < 4.78 is 10.9. The standard InChI is InChI=1S/C21H16ClN3O4/c22-15-4-1-13-2-5-16(23-17(13)12-15)6-8-20(26)24-25-21(27)14-3-7-18-19(11-14)29-10-9-28-18/h1-8,11-12H,9-10H2,(H,24,26)(H,25,27)/b8-6+. The van der Waals surface area contributed by atoms with E-state index in [-0.39, 0.29) is 0 Å². The van der Waals surface area contributed by atoms with Gasteiger partial charge in [-0.1, -0.05) is 23.7 Å². The number of rotatable bonds is 3. The molecule has 2 N–H and O–H groups in total. The van der Waals surface area contributed by atoms with E-state index in [0.717, 1.165) is 10.9 Å². The third-order valence-electron chi connectivity index (χ3n) is 4.18. The van der Waals surface area contributed by atoms with Gasteiger partial charge in [0.25, 0.3) is 11.8 Å². The molecule has 0 bridgehead atoms. The quantitative estimate of drug-likeness (QED) is 0.512. The van der Waals surface area contributed by atoms with Crippen molar-refractivity contribution in [2.24, 2.45) is 0 Å². The molecule has 0 atom stereocenters. The lowest BCUT2D eigenvalue weighted by Gasteiger charge is -2.18. The van der Waals surface area contributed by atoms with Crippen molar-refractivity contribution in [3.05, 3.63) is 70.9 Å². The van der Waals surface area contributed by atoms with Crippen molar-refractivity contribution in [1.29, 1.82) is 0 Å². The molecule has 1 aromatic heterocycles. The molecule has 7 nitrogen and oxygen atoms in total. The van der Waals surface area contributed by atoms with Crippen LogP contribution >= 0.6 is 11.6 Å². The summed E-state index contributed by atoms with van der Waals surface area (Å²) in [7, 11) is 0. The van der Waals surface area contributed by atoms with E-state index in [1.807, 2.05) is 12.1 Å². The van der Waals surface area contributed by atoms with Gasteiger partial charge in [0.2, 0.25) is 0 Å². The Labute approximate surface area is 171 Å². The molecule has 0 aliphatic carbocycles. The second-order valence-corrected chi connectivity index (χ2v) is 6.64. The normalized spacial score (nSPS) is 12.7. The van der Waals surface area contributed by atoms with Crippen LogP contribution in [0.5, 0.6) is 11.5 Å². The van der Waals surface area contributed by atoms with E-state index in [1.165, 1.54) is 6.08 Å². The largest absolute Gasteiger partial charge is 0.486 e. The molecule has 3 aromatic rings. The number of ether oxygens (including phenoxy) is 2. The van der Waals surface area contributed by atoms with Crippen molar-refractivity contribution >= 4 is 40.4 Å². The van der Waals surface area contributed by atoms with Gasteiger partial charge in [-0.15, -0.1) is 0 Å². The lowest BCUT2D eigenvalue weighted by molar-refractivity contribution is -0.117. The van der Waals surface area contributed by atoms with Crippen LogP contribution in [0.4, 0.5) is 0 Å². The summed E-state index contributed by atoms with van der Waals surface area (Å²) in [5.74, 6) is 0.118. The summed E-state index contributed by atoms with van der Waals surface area (Å²) in [4.78, 5) is 28.6. The van der Waals surface area contributed by atoms with Crippen molar-refractivity contribution in [2.45, 2.75) is 0 Å². The van der Waals surface area contributed by atoms with Crippen molar-refractivity contribution in [1.82, 2.24) is 15.8 Å². The molecular formula is C21H16ClN3O4. The molecule has 2 amide bonds. The lowest BCUT2D eigenvalue weighted by Crippen LogP contribution is -2.40. The molecule has 29 heavy (non-hydrogen) atoms. The molecule has 8 heteroatoms.